The van der Waals surface area contributed by atoms with E-state index in [-0.39, 0.29) is 11.8 Å². The lowest BCUT2D eigenvalue weighted by atomic mass is 9.82. The smallest absolute Gasteiger partial charge is 0.251 e. The van der Waals surface area contributed by atoms with Gasteiger partial charge in [0.05, 0.1) is 39.4 Å². The monoisotopic (exact) mass is 346 g/mol. The lowest BCUT2D eigenvalue weighted by Gasteiger charge is -2.33. The number of fused-ring (bicyclic) bond motifs is 1. The molecule has 25 heavy (non-hydrogen) atoms. The van der Waals surface area contributed by atoms with E-state index in [9.17, 15) is 4.79 Å². The molecule has 6 heteroatoms. The number of carbonyl (C=O) groups is 1. The molecule has 3 atom stereocenters. The Morgan fingerprint density at radius 1 is 1.28 bits per heavy atom. The predicted molar refractivity (Wildman–Crippen MR) is 91.8 cm³/mol. The van der Waals surface area contributed by atoms with Crippen LogP contribution in [0.5, 0.6) is 5.75 Å². The predicted octanol–water partition coefficient (Wildman–Crippen LogP) is 1.55. The van der Waals surface area contributed by atoms with Gasteiger partial charge in [0.25, 0.3) is 5.91 Å². The Kier molecular flexibility index (Phi) is 4.92. The van der Waals surface area contributed by atoms with Crippen LogP contribution in [0, 0.1) is 17.8 Å². The maximum Gasteiger partial charge on any atom is 0.251 e. The molecule has 4 rings (SSSR count). The van der Waals surface area contributed by atoms with Gasteiger partial charge < -0.3 is 9.47 Å². The van der Waals surface area contributed by atoms with Crippen LogP contribution in [0.15, 0.2) is 24.3 Å². The molecule has 3 aliphatic heterocycles. The van der Waals surface area contributed by atoms with Gasteiger partial charge in [-0.05, 0) is 24.3 Å². The molecule has 0 N–H and O–H groups in total. The van der Waals surface area contributed by atoms with Crippen LogP contribution < -0.4 is 4.74 Å². The highest BCUT2D eigenvalue weighted by Gasteiger charge is 2.45. The standard InChI is InChI=1S/C19H26N2O4/c1-23-18-6-3-2-5-14(18)9-20-10-15-12-24-13-17(16(15)11-20)19(22)21-7-4-8-25-21/h2-3,5-6,15-17H,4,7-13H2,1H3/t15-,16-,17+/m1/s1. The number of likely N-dealkylation sites (tertiary alicyclic amines) is 1. The SMILES string of the molecule is COc1ccccc1CN1C[C@@H]2COC[C@H](C(=O)N3CCCO3)[C@@H]2C1. The highest BCUT2D eigenvalue weighted by atomic mass is 16.7. The van der Waals surface area contributed by atoms with Crippen LogP contribution >= 0.6 is 0 Å². The highest BCUT2D eigenvalue weighted by Crippen LogP contribution is 2.36. The van der Waals surface area contributed by atoms with Crippen LogP contribution in [0.25, 0.3) is 0 Å². The van der Waals surface area contributed by atoms with Crippen molar-refractivity contribution in [2.45, 2.75) is 13.0 Å². The third kappa shape index (κ3) is 3.38. The van der Waals surface area contributed by atoms with E-state index in [1.165, 1.54) is 5.56 Å². The molecule has 0 aromatic heterocycles. The first-order valence-electron chi connectivity index (χ1n) is 9.12. The van der Waals surface area contributed by atoms with E-state index >= 15 is 0 Å². The van der Waals surface area contributed by atoms with Crippen molar-refractivity contribution in [3.05, 3.63) is 29.8 Å². The first-order valence-corrected chi connectivity index (χ1v) is 9.12. The van der Waals surface area contributed by atoms with E-state index in [4.69, 9.17) is 14.3 Å². The number of para-hydroxylation sites is 1. The highest BCUT2D eigenvalue weighted by molar-refractivity contribution is 5.78. The van der Waals surface area contributed by atoms with Crippen molar-refractivity contribution in [1.82, 2.24) is 9.96 Å². The van der Waals surface area contributed by atoms with E-state index in [1.807, 2.05) is 18.2 Å². The zero-order chi connectivity index (χ0) is 17.2. The lowest BCUT2D eigenvalue weighted by Crippen LogP contribution is -2.45. The normalized spacial score (nSPS) is 29.6. The fourth-order valence-corrected chi connectivity index (χ4v) is 4.36. The third-order valence-corrected chi connectivity index (χ3v) is 5.62. The maximum atomic E-state index is 12.8. The average molecular weight is 346 g/mol. The third-order valence-electron chi connectivity index (χ3n) is 5.62. The number of carbonyl (C=O) groups excluding carboxylic acids is 1. The summed E-state index contributed by atoms with van der Waals surface area (Å²) in [7, 11) is 1.71. The van der Waals surface area contributed by atoms with Gasteiger partial charge in [-0.2, -0.15) is 0 Å². The molecule has 1 aromatic carbocycles. The molecule has 6 nitrogen and oxygen atoms in total. The Bertz CT molecular complexity index is 617. The van der Waals surface area contributed by atoms with Crippen molar-refractivity contribution in [1.29, 1.82) is 0 Å². The Labute approximate surface area is 148 Å². The molecular formula is C19H26N2O4. The summed E-state index contributed by atoms with van der Waals surface area (Å²) >= 11 is 0. The Morgan fingerprint density at radius 2 is 2.16 bits per heavy atom. The van der Waals surface area contributed by atoms with Crippen LogP contribution in [0.4, 0.5) is 0 Å². The summed E-state index contributed by atoms with van der Waals surface area (Å²) < 4.78 is 11.2. The van der Waals surface area contributed by atoms with Gasteiger partial charge in [-0.1, -0.05) is 18.2 Å². The zero-order valence-electron chi connectivity index (χ0n) is 14.7. The van der Waals surface area contributed by atoms with Crippen molar-refractivity contribution in [2.24, 2.45) is 17.8 Å². The van der Waals surface area contributed by atoms with Crippen molar-refractivity contribution in [2.75, 3.05) is 46.6 Å². The maximum absolute atomic E-state index is 12.8. The van der Waals surface area contributed by atoms with E-state index in [0.717, 1.165) is 38.4 Å². The molecule has 1 amide bonds. The second-order valence-electron chi connectivity index (χ2n) is 7.20. The van der Waals surface area contributed by atoms with Gasteiger partial charge in [-0.15, -0.1) is 0 Å². The molecular weight excluding hydrogens is 320 g/mol. The van der Waals surface area contributed by atoms with Gasteiger partial charge in [-0.25, -0.2) is 5.06 Å². The summed E-state index contributed by atoms with van der Waals surface area (Å²) in [6, 6.07) is 8.14. The van der Waals surface area contributed by atoms with Crippen LogP contribution in [0.3, 0.4) is 0 Å². The fourth-order valence-electron chi connectivity index (χ4n) is 4.36. The number of hydroxylamine groups is 2. The number of hydrogen-bond acceptors (Lipinski definition) is 5. The van der Waals surface area contributed by atoms with E-state index in [0.29, 0.717) is 31.6 Å². The summed E-state index contributed by atoms with van der Waals surface area (Å²) in [4.78, 5) is 20.7. The molecule has 0 radical (unpaired) electrons. The van der Waals surface area contributed by atoms with E-state index < -0.39 is 0 Å². The minimum Gasteiger partial charge on any atom is -0.496 e. The number of ether oxygens (including phenoxy) is 2. The van der Waals surface area contributed by atoms with Crippen LogP contribution in [-0.2, 0) is 20.9 Å². The van der Waals surface area contributed by atoms with Crippen molar-refractivity contribution in [3.8, 4) is 5.75 Å². The number of hydrogen-bond donors (Lipinski definition) is 0. The summed E-state index contributed by atoms with van der Waals surface area (Å²) in [5.74, 6) is 1.71. The van der Waals surface area contributed by atoms with Gasteiger partial charge in [0.15, 0.2) is 0 Å². The molecule has 0 unspecified atom stereocenters. The van der Waals surface area contributed by atoms with Crippen molar-refractivity contribution >= 4 is 5.91 Å². The molecule has 136 valence electrons. The topological polar surface area (TPSA) is 51.2 Å². The summed E-state index contributed by atoms with van der Waals surface area (Å²) in [6.45, 7) is 5.35. The quantitative estimate of drug-likeness (QED) is 0.828. The first kappa shape index (κ1) is 16.8. The number of methoxy groups -OCH3 is 1. The van der Waals surface area contributed by atoms with Gasteiger partial charge in [0.1, 0.15) is 5.75 Å². The molecule has 1 aromatic rings. The van der Waals surface area contributed by atoms with Crippen molar-refractivity contribution in [3.63, 3.8) is 0 Å². The molecule has 0 bridgehead atoms. The van der Waals surface area contributed by atoms with Gasteiger partial charge >= 0.3 is 0 Å². The van der Waals surface area contributed by atoms with Gasteiger partial charge in [0.2, 0.25) is 0 Å². The molecule has 0 saturated carbocycles. The molecule has 3 heterocycles. The van der Waals surface area contributed by atoms with E-state index in [1.54, 1.807) is 12.2 Å². The number of amides is 1. The van der Waals surface area contributed by atoms with Crippen LogP contribution in [0.2, 0.25) is 0 Å². The molecule has 3 fully saturated rings. The summed E-state index contributed by atoms with van der Waals surface area (Å²) in [5.41, 5.74) is 1.19. The second-order valence-corrected chi connectivity index (χ2v) is 7.20. The number of rotatable bonds is 4. The van der Waals surface area contributed by atoms with E-state index in [2.05, 4.69) is 11.0 Å². The number of benzene rings is 1. The summed E-state index contributed by atoms with van der Waals surface area (Å²) in [6.07, 6.45) is 0.924. The number of nitrogens with zero attached hydrogens (tertiary/aromatic N) is 2. The fraction of sp³-hybridized carbons (Fsp3) is 0.632. The largest absolute Gasteiger partial charge is 0.496 e. The van der Waals surface area contributed by atoms with Crippen molar-refractivity contribution < 1.29 is 19.1 Å². The van der Waals surface area contributed by atoms with Crippen LogP contribution in [-0.4, -0.2) is 62.4 Å². The van der Waals surface area contributed by atoms with Crippen LogP contribution in [0.1, 0.15) is 12.0 Å². The summed E-state index contributed by atoms with van der Waals surface area (Å²) in [5, 5.41) is 1.55. The minimum absolute atomic E-state index is 0.0838. The zero-order valence-corrected chi connectivity index (χ0v) is 14.7. The molecule has 0 aliphatic carbocycles. The Morgan fingerprint density at radius 3 is 2.96 bits per heavy atom. The van der Waals surface area contributed by atoms with Gasteiger partial charge in [0, 0.05) is 25.2 Å². The molecule has 3 saturated heterocycles. The van der Waals surface area contributed by atoms with Gasteiger partial charge in [-0.3, -0.25) is 14.5 Å². The molecule has 0 spiro atoms. The average Bonchev–Trinajstić information content (AvgIpc) is 3.30. The first-order chi connectivity index (χ1) is 12.3. The minimum atomic E-state index is -0.0838. The lowest BCUT2D eigenvalue weighted by molar-refractivity contribution is -0.181. The Hall–Kier alpha value is -1.63. The Balaban J connectivity index is 1.44. The molecule has 3 aliphatic rings. The second kappa shape index (κ2) is 7.32.